The van der Waals surface area contributed by atoms with E-state index in [0.29, 0.717) is 6.54 Å². The van der Waals surface area contributed by atoms with E-state index in [1.54, 1.807) is 6.07 Å². The first kappa shape index (κ1) is 12.7. The summed E-state index contributed by atoms with van der Waals surface area (Å²) in [5.41, 5.74) is 0.719. The van der Waals surface area contributed by atoms with Crippen molar-refractivity contribution in [3.63, 3.8) is 0 Å². The van der Waals surface area contributed by atoms with Gasteiger partial charge in [-0.3, -0.25) is 0 Å². The zero-order valence-electron chi connectivity index (χ0n) is 9.32. The zero-order valence-corrected chi connectivity index (χ0v) is 10.1. The molecule has 86 valence electrons. The molecule has 2 aromatic rings. The number of hydrogen-bond acceptors (Lipinski definition) is 0. The number of nitrogens with zero attached hydrogens (tertiary/aromatic N) is 2. The molecule has 2 nitrogen and oxygen atoms in total. The van der Waals surface area contributed by atoms with Gasteiger partial charge in [-0.25, -0.2) is 13.5 Å². The number of imidazole rings is 1. The summed E-state index contributed by atoms with van der Waals surface area (Å²) in [7, 11) is 1.98. The standard InChI is InChI=1S/C12H14FN2.ClH/c1-10-14(2)7-8-15(10)9-11-5-3-4-6-12(11)13;/h3-8H,9H2,1-2H3;1H/q+1;/p-1. The van der Waals surface area contributed by atoms with Gasteiger partial charge in [0.2, 0.25) is 0 Å². The number of benzene rings is 1. The maximum absolute atomic E-state index is 13.4. The molecule has 0 aliphatic rings. The van der Waals surface area contributed by atoms with Gasteiger partial charge in [0.25, 0.3) is 5.82 Å². The van der Waals surface area contributed by atoms with Crippen molar-refractivity contribution in [3.8, 4) is 0 Å². The van der Waals surface area contributed by atoms with Crippen LogP contribution in [0.3, 0.4) is 0 Å². The minimum Gasteiger partial charge on any atom is -1.00 e. The van der Waals surface area contributed by atoms with Gasteiger partial charge in [0.05, 0.1) is 7.05 Å². The van der Waals surface area contributed by atoms with Gasteiger partial charge in [0.15, 0.2) is 0 Å². The van der Waals surface area contributed by atoms with Crippen LogP contribution in [0, 0.1) is 12.7 Å². The minimum absolute atomic E-state index is 0. The molecule has 0 fully saturated rings. The van der Waals surface area contributed by atoms with Crippen LogP contribution >= 0.6 is 0 Å². The van der Waals surface area contributed by atoms with Crippen molar-refractivity contribution in [3.05, 3.63) is 53.9 Å². The maximum atomic E-state index is 13.4. The lowest BCUT2D eigenvalue weighted by molar-refractivity contribution is -0.677. The highest BCUT2D eigenvalue weighted by Crippen LogP contribution is 2.08. The van der Waals surface area contributed by atoms with E-state index in [1.165, 1.54) is 6.07 Å². The third-order valence-corrected chi connectivity index (χ3v) is 2.69. The number of halogens is 2. The van der Waals surface area contributed by atoms with Crippen molar-refractivity contribution >= 4 is 0 Å². The van der Waals surface area contributed by atoms with Crippen LogP contribution in [0.25, 0.3) is 0 Å². The van der Waals surface area contributed by atoms with Crippen molar-refractivity contribution < 1.29 is 21.4 Å². The molecule has 0 aliphatic heterocycles. The molecule has 0 spiro atoms. The van der Waals surface area contributed by atoms with Gasteiger partial charge in [-0.05, 0) is 6.07 Å². The predicted octanol–water partition coefficient (Wildman–Crippen LogP) is -1.19. The minimum atomic E-state index is -0.145. The van der Waals surface area contributed by atoms with Crippen molar-refractivity contribution in [1.82, 2.24) is 4.57 Å². The summed E-state index contributed by atoms with van der Waals surface area (Å²) >= 11 is 0. The van der Waals surface area contributed by atoms with Crippen LogP contribution in [0.2, 0.25) is 0 Å². The van der Waals surface area contributed by atoms with E-state index in [9.17, 15) is 4.39 Å². The summed E-state index contributed by atoms with van der Waals surface area (Å²) in [5.74, 6) is 0.964. The number of rotatable bonds is 2. The van der Waals surface area contributed by atoms with Crippen LogP contribution in [-0.2, 0) is 13.6 Å². The Balaban J connectivity index is 0.00000128. The lowest BCUT2D eigenvalue weighted by Gasteiger charge is -2.01. The topological polar surface area (TPSA) is 8.81 Å². The molecular formula is C12H14ClFN2. The third-order valence-electron chi connectivity index (χ3n) is 2.69. The molecule has 0 saturated heterocycles. The van der Waals surface area contributed by atoms with E-state index in [4.69, 9.17) is 0 Å². The van der Waals surface area contributed by atoms with Crippen LogP contribution < -0.4 is 17.0 Å². The van der Waals surface area contributed by atoms with Gasteiger partial charge in [-0.15, -0.1) is 0 Å². The van der Waals surface area contributed by atoms with Crippen molar-refractivity contribution in [2.75, 3.05) is 0 Å². The SMILES string of the molecule is Cc1n(Cc2ccccc2F)cc[n+]1C.[Cl-]. The lowest BCUT2D eigenvalue weighted by atomic mass is 10.2. The second kappa shape index (κ2) is 5.12. The summed E-state index contributed by atoms with van der Waals surface area (Å²) in [5, 5.41) is 0. The van der Waals surface area contributed by atoms with Gasteiger partial charge >= 0.3 is 0 Å². The molecule has 0 bridgehead atoms. The first-order chi connectivity index (χ1) is 7.18. The molecular weight excluding hydrogens is 227 g/mol. The van der Waals surface area contributed by atoms with E-state index < -0.39 is 0 Å². The second-order valence-electron chi connectivity index (χ2n) is 3.68. The molecule has 0 atom stereocenters. The van der Waals surface area contributed by atoms with Crippen molar-refractivity contribution in [2.45, 2.75) is 13.5 Å². The summed E-state index contributed by atoms with van der Waals surface area (Å²) in [6.45, 7) is 2.60. The van der Waals surface area contributed by atoms with Gasteiger partial charge in [-0.1, -0.05) is 18.2 Å². The number of aromatic nitrogens is 2. The van der Waals surface area contributed by atoms with Crippen LogP contribution in [-0.4, -0.2) is 4.57 Å². The molecule has 0 aliphatic carbocycles. The Morgan fingerprint density at radius 1 is 1.31 bits per heavy atom. The molecule has 0 N–H and O–H groups in total. The molecule has 1 aromatic carbocycles. The third kappa shape index (κ3) is 2.42. The van der Waals surface area contributed by atoms with Crippen LogP contribution in [0.1, 0.15) is 11.4 Å². The van der Waals surface area contributed by atoms with Gasteiger partial charge < -0.3 is 12.4 Å². The van der Waals surface area contributed by atoms with E-state index in [2.05, 4.69) is 0 Å². The zero-order chi connectivity index (χ0) is 10.8. The van der Waals surface area contributed by atoms with E-state index in [0.717, 1.165) is 11.4 Å². The van der Waals surface area contributed by atoms with Gasteiger partial charge in [-0.2, -0.15) is 0 Å². The molecule has 0 amide bonds. The highest BCUT2D eigenvalue weighted by Gasteiger charge is 2.11. The molecule has 0 unspecified atom stereocenters. The average molecular weight is 241 g/mol. The Kier molecular flexibility index (Phi) is 4.07. The fourth-order valence-electron chi connectivity index (χ4n) is 1.58. The van der Waals surface area contributed by atoms with E-state index in [-0.39, 0.29) is 18.2 Å². The van der Waals surface area contributed by atoms with Crippen molar-refractivity contribution in [2.24, 2.45) is 7.05 Å². The quantitative estimate of drug-likeness (QED) is 0.584. The Hall–Kier alpha value is -1.35. The second-order valence-corrected chi connectivity index (χ2v) is 3.68. The Bertz CT molecular complexity index is 480. The fourth-order valence-corrected chi connectivity index (χ4v) is 1.58. The Labute approximate surface area is 101 Å². The Morgan fingerprint density at radius 2 is 2.00 bits per heavy atom. The van der Waals surface area contributed by atoms with Crippen LogP contribution in [0.5, 0.6) is 0 Å². The lowest BCUT2D eigenvalue weighted by Crippen LogP contribution is -3.00. The Morgan fingerprint density at radius 3 is 2.56 bits per heavy atom. The summed E-state index contributed by atoms with van der Waals surface area (Å²) in [6.07, 6.45) is 3.93. The average Bonchev–Trinajstić information content (AvgIpc) is 2.53. The number of hydrogen-bond donors (Lipinski definition) is 0. The molecule has 0 radical (unpaired) electrons. The smallest absolute Gasteiger partial charge is 0.253 e. The fraction of sp³-hybridized carbons (Fsp3) is 0.250. The van der Waals surface area contributed by atoms with Gasteiger partial charge in [0.1, 0.15) is 24.8 Å². The molecule has 0 saturated carbocycles. The molecule has 16 heavy (non-hydrogen) atoms. The highest BCUT2D eigenvalue weighted by molar-refractivity contribution is 5.17. The maximum Gasteiger partial charge on any atom is 0.253 e. The normalized spacial score (nSPS) is 9.94. The monoisotopic (exact) mass is 240 g/mol. The van der Waals surface area contributed by atoms with Gasteiger partial charge in [0, 0.05) is 12.5 Å². The highest BCUT2D eigenvalue weighted by atomic mass is 35.5. The van der Waals surface area contributed by atoms with E-state index in [1.807, 2.05) is 47.6 Å². The van der Waals surface area contributed by atoms with E-state index >= 15 is 0 Å². The molecule has 4 heteroatoms. The summed E-state index contributed by atoms with van der Waals surface area (Å²) in [4.78, 5) is 0. The largest absolute Gasteiger partial charge is 1.00 e. The van der Waals surface area contributed by atoms with Crippen LogP contribution in [0.15, 0.2) is 36.7 Å². The molecule has 1 aromatic heterocycles. The van der Waals surface area contributed by atoms with Crippen LogP contribution in [0.4, 0.5) is 4.39 Å². The summed E-state index contributed by atoms with van der Waals surface area (Å²) < 4.78 is 17.4. The molecule has 1 heterocycles. The molecule has 2 rings (SSSR count). The first-order valence-corrected chi connectivity index (χ1v) is 4.93. The van der Waals surface area contributed by atoms with Crippen molar-refractivity contribution in [1.29, 1.82) is 0 Å². The first-order valence-electron chi connectivity index (χ1n) is 4.93. The number of aryl methyl sites for hydroxylation is 1. The predicted molar refractivity (Wildman–Crippen MR) is 55.8 cm³/mol. The summed E-state index contributed by atoms with van der Waals surface area (Å²) in [6, 6.07) is 6.88.